The zero-order valence-corrected chi connectivity index (χ0v) is 19.1. The maximum atomic E-state index is 14.1. The monoisotopic (exact) mass is 463 g/mol. The summed E-state index contributed by atoms with van der Waals surface area (Å²) in [5.74, 6) is -0.160. The molecule has 1 saturated carbocycles. The number of benzene rings is 1. The molecule has 1 aliphatic carbocycles. The first-order valence-electron chi connectivity index (χ1n) is 10.9. The van der Waals surface area contributed by atoms with Crippen LogP contribution in [0.15, 0.2) is 29.2 Å². The van der Waals surface area contributed by atoms with Gasteiger partial charge < -0.3 is 4.90 Å². The smallest absolute Gasteiger partial charge is 0.266 e. The number of piperidine rings is 1. The molecule has 6 nitrogen and oxygen atoms in total. The lowest BCUT2D eigenvalue weighted by atomic mass is 10.0. The molecule has 1 unspecified atom stereocenters. The molecule has 166 valence electrons. The number of thiazole rings is 1. The molecule has 0 bridgehead atoms. The molecule has 9 heteroatoms. The molecule has 2 aromatic rings. The fourth-order valence-corrected chi connectivity index (χ4v) is 7.45. The molecule has 3 heterocycles. The van der Waals surface area contributed by atoms with Crippen LogP contribution in [0.25, 0.3) is 0 Å². The first-order chi connectivity index (χ1) is 14.9. The van der Waals surface area contributed by atoms with Gasteiger partial charge in [0.2, 0.25) is 10.0 Å². The van der Waals surface area contributed by atoms with Crippen LogP contribution in [-0.2, 0) is 16.4 Å². The molecule has 5 rings (SSSR count). The normalized spacial score (nSPS) is 23.6. The molecule has 2 fully saturated rings. The first-order valence-corrected chi connectivity index (χ1v) is 13.2. The molecule has 1 saturated heterocycles. The van der Waals surface area contributed by atoms with Crippen LogP contribution in [0.4, 0.5) is 4.39 Å². The van der Waals surface area contributed by atoms with Gasteiger partial charge in [-0.05, 0) is 57.6 Å². The highest BCUT2D eigenvalue weighted by Crippen LogP contribution is 2.44. The Morgan fingerprint density at radius 1 is 1.10 bits per heavy atom. The Bertz CT molecular complexity index is 1100. The maximum absolute atomic E-state index is 14.1. The van der Waals surface area contributed by atoms with Gasteiger partial charge in [-0.15, -0.1) is 11.3 Å². The van der Waals surface area contributed by atoms with Crippen molar-refractivity contribution in [2.75, 3.05) is 13.1 Å². The first kappa shape index (κ1) is 21.0. The van der Waals surface area contributed by atoms with E-state index in [1.165, 1.54) is 28.6 Å². The summed E-state index contributed by atoms with van der Waals surface area (Å²) in [5.41, 5.74) is 0.936. The van der Waals surface area contributed by atoms with Crippen LogP contribution >= 0.6 is 11.3 Å². The Morgan fingerprint density at radius 3 is 2.48 bits per heavy atom. The third kappa shape index (κ3) is 3.81. The van der Waals surface area contributed by atoms with Crippen molar-refractivity contribution >= 4 is 27.3 Å². The van der Waals surface area contributed by atoms with Gasteiger partial charge in [-0.3, -0.25) is 4.79 Å². The largest absolute Gasteiger partial charge is 0.332 e. The topological polar surface area (TPSA) is 70.6 Å². The summed E-state index contributed by atoms with van der Waals surface area (Å²) in [4.78, 5) is 20.7. The van der Waals surface area contributed by atoms with Crippen LogP contribution in [0, 0.1) is 5.82 Å². The number of hydrogen-bond acceptors (Lipinski definition) is 5. The number of amides is 1. The quantitative estimate of drug-likeness (QED) is 0.692. The van der Waals surface area contributed by atoms with E-state index in [2.05, 4.69) is 6.92 Å². The molecule has 0 spiro atoms. The van der Waals surface area contributed by atoms with Crippen molar-refractivity contribution < 1.29 is 17.6 Å². The second-order valence-corrected chi connectivity index (χ2v) is 11.7. The fourth-order valence-electron chi connectivity index (χ4n) is 4.69. The van der Waals surface area contributed by atoms with E-state index in [1.807, 2.05) is 4.90 Å². The molecular formula is C22H26FN3O3S2. The van der Waals surface area contributed by atoms with Crippen LogP contribution in [-0.4, -0.2) is 53.7 Å². The summed E-state index contributed by atoms with van der Waals surface area (Å²) < 4.78 is 41.3. The minimum absolute atomic E-state index is 0.0213. The van der Waals surface area contributed by atoms with Gasteiger partial charge >= 0.3 is 0 Å². The highest BCUT2D eigenvalue weighted by Gasteiger charge is 2.39. The number of halogens is 1. The van der Waals surface area contributed by atoms with Gasteiger partial charge in [0, 0.05) is 31.1 Å². The molecule has 1 aromatic carbocycles. The van der Waals surface area contributed by atoms with Gasteiger partial charge in [0.15, 0.2) is 0 Å². The molecule has 1 amide bonds. The summed E-state index contributed by atoms with van der Waals surface area (Å²) in [6, 6.07) is 5.54. The van der Waals surface area contributed by atoms with Crippen LogP contribution in [0.3, 0.4) is 0 Å². The minimum atomic E-state index is -3.88. The number of carbonyl (C=O) groups is 1. The van der Waals surface area contributed by atoms with Crippen molar-refractivity contribution in [1.29, 1.82) is 0 Å². The molecule has 3 aliphatic rings. The lowest BCUT2D eigenvalue weighted by molar-refractivity contribution is 0.0520. The summed E-state index contributed by atoms with van der Waals surface area (Å²) in [7, 11) is -3.88. The molecule has 1 aromatic heterocycles. The Morgan fingerprint density at radius 2 is 1.81 bits per heavy atom. The Balaban J connectivity index is 1.33. The third-order valence-electron chi connectivity index (χ3n) is 6.61. The highest BCUT2D eigenvalue weighted by atomic mass is 32.2. The number of aryl methyl sites for hydroxylation is 1. The minimum Gasteiger partial charge on any atom is -0.332 e. The molecule has 0 radical (unpaired) electrons. The summed E-state index contributed by atoms with van der Waals surface area (Å²) in [5, 5.41) is 1.10. The molecular weight excluding hydrogens is 437 g/mol. The summed E-state index contributed by atoms with van der Waals surface area (Å²) >= 11 is 1.55. The van der Waals surface area contributed by atoms with Gasteiger partial charge in [-0.25, -0.2) is 17.8 Å². The summed E-state index contributed by atoms with van der Waals surface area (Å²) in [6.45, 7) is 2.63. The maximum Gasteiger partial charge on any atom is 0.266 e. The highest BCUT2D eigenvalue weighted by molar-refractivity contribution is 7.89. The predicted octanol–water partition coefficient (Wildman–Crippen LogP) is 3.79. The predicted molar refractivity (Wildman–Crippen MR) is 116 cm³/mol. The number of fused-ring (bicyclic) bond motifs is 1. The second kappa shape index (κ2) is 7.94. The van der Waals surface area contributed by atoms with Crippen molar-refractivity contribution in [3.63, 3.8) is 0 Å². The number of carbonyl (C=O) groups excluding carboxylic acids is 1. The van der Waals surface area contributed by atoms with Crippen LogP contribution in [0.2, 0.25) is 0 Å². The third-order valence-corrected chi connectivity index (χ3v) is 9.79. The van der Waals surface area contributed by atoms with Gasteiger partial charge in [0.05, 0.1) is 10.7 Å². The molecule has 2 aliphatic heterocycles. The number of hydrogen-bond donors (Lipinski definition) is 0. The van der Waals surface area contributed by atoms with E-state index in [-0.39, 0.29) is 36.0 Å². The van der Waals surface area contributed by atoms with E-state index in [0.29, 0.717) is 18.8 Å². The number of sulfonamides is 1. The lowest BCUT2D eigenvalue weighted by Gasteiger charge is -2.40. The second-order valence-electron chi connectivity index (χ2n) is 8.77. The summed E-state index contributed by atoms with van der Waals surface area (Å²) in [6.07, 6.45) is 5.09. The van der Waals surface area contributed by atoms with Crippen LogP contribution in [0.1, 0.15) is 65.3 Å². The van der Waals surface area contributed by atoms with Crippen molar-refractivity contribution in [3.05, 3.63) is 45.7 Å². The van der Waals surface area contributed by atoms with Crippen molar-refractivity contribution in [2.24, 2.45) is 0 Å². The Kier molecular flexibility index (Phi) is 5.38. The van der Waals surface area contributed by atoms with E-state index in [0.717, 1.165) is 41.3 Å². The number of nitrogens with zero attached hydrogens (tertiary/aromatic N) is 3. The van der Waals surface area contributed by atoms with E-state index < -0.39 is 15.8 Å². The zero-order chi connectivity index (χ0) is 21.8. The molecule has 1 atom stereocenters. The van der Waals surface area contributed by atoms with Gasteiger partial charge in [0.25, 0.3) is 5.91 Å². The zero-order valence-electron chi connectivity index (χ0n) is 17.5. The number of aromatic nitrogens is 1. The van der Waals surface area contributed by atoms with Crippen molar-refractivity contribution in [3.8, 4) is 0 Å². The van der Waals surface area contributed by atoms with E-state index >= 15 is 0 Å². The van der Waals surface area contributed by atoms with Gasteiger partial charge in [-0.1, -0.05) is 12.1 Å². The SMILES string of the molecule is CC1CCc2nc(C3CC3)sc2C(=O)N1C1CCN(S(=O)(=O)c2ccccc2F)CC1. The van der Waals surface area contributed by atoms with Crippen molar-refractivity contribution in [1.82, 2.24) is 14.2 Å². The van der Waals surface area contributed by atoms with E-state index in [4.69, 9.17) is 4.98 Å². The Labute approximate surface area is 186 Å². The number of rotatable bonds is 4. The Hall–Kier alpha value is -1.84. The standard InChI is InChI=1S/C22H26FN3O3S2/c1-14-6-9-18-20(30-21(24-18)15-7-8-15)22(27)26(14)16-10-12-25(13-11-16)31(28,29)19-5-3-2-4-17(19)23/h2-5,14-16H,6-13H2,1H3. The average molecular weight is 464 g/mol. The van der Waals surface area contributed by atoms with Crippen LogP contribution < -0.4 is 0 Å². The fraction of sp³-hybridized carbons (Fsp3) is 0.545. The van der Waals surface area contributed by atoms with Gasteiger partial charge in [0.1, 0.15) is 15.6 Å². The average Bonchev–Trinajstić information content (AvgIpc) is 3.53. The van der Waals surface area contributed by atoms with Crippen molar-refractivity contribution in [2.45, 2.75) is 68.3 Å². The molecule has 31 heavy (non-hydrogen) atoms. The molecule has 0 N–H and O–H groups in total. The van der Waals surface area contributed by atoms with Crippen LogP contribution in [0.5, 0.6) is 0 Å². The van der Waals surface area contributed by atoms with E-state index in [9.17, 15) is 17.6 Å². The lowest BCUT2D eigenvalue weighted by Crippen LogP contribution is -2.51. The van der Waals surface area contributed by atoms with E-state index in [1.54, 1.807) is 11.3 Å². The van der Waals surface area contributed by atoms with Gasteiger partial charge in [-0.2, -0.15) is 4.31 Å².